The lowest BCUT2D eigenvalue weighted by atomic mass is 9.88. The van der Waals surface area contributed by atoms with Crippen LogP contribution in [0.4, 0.5) is 0 Å². The van der Waals surface area contributed by atoms with Gasteiger partial charge in [-0.3, -0.25) is 14.5 Å². The van der Waals surface area contributed by atoms with Gasteiger partial charge in [-0.2, -0.15) is 0 Å². The highest BCUT2D eigenvalue weighted by molar-refractivity contribution is 7.99. The molecule has 13 heteroatoms. The van der Waals surface area contributed by atoms with Crippen molar-refractivity contribution in [2.75, 3.05) is 19.0 Å². The number of amides is 2. The van der Waals surface area contributed by atoms with Gasteiger partial charge in [0.1, 0.15) is 54.7 Å². The maximum Gasteiger partial charge on any atom is 0.262 e. The van der Waals surface area contributed by atoms with Gasteiger partial charge in [-0.15, -0.1) is 11.8 Å². The molecule has 2 amide bonds. The SMILES string of the molecule is CCS[C@@H]1O[C@H](COCc2ccccc2)[C@@H](O[C@]2(CO)OC(Cc3ccccc3)[C@@H](O)[C@@H](OCc3ccccc3)[C@@H]2OCc2ccccc2)[C@H](OCc2ccccc2)[C@H]1N1C(=O)c2ccccc2C1=O. The van der Waals surface area contributed by atoms with Crippen molar-refractivity contribution in [3.05, 3.63) is 215 Å². The third-order valence-electron chi connectivity index (χ3n) is 12.9. The zero-order valence-corrected chi connectivity index (χ0v) is 39.8. The van der Waals surface area contributed by atoms with Crippen LogP contribution in [0, 0.1) is 0 Å². The zero-order chi connectivity index (χ0) is 48.3. The average molecular weight is 966 g/mol. The van der Waals surface area contributed by atoms with Crippen LogP contribution in [0.2, 0.25) is 0 Å². The standard InChI is InChI=1S/C57H59NO11S/c1-2-70-56-48(58-54(61)44-30-18-19-31-45(44)55(58)62)51(64-34-41-24-12-5-13-25-41)50(47(67-56)37-63-33-40-22-10-4-11-23-40)69-57(38-59)53(66-36-43-28-16-7-17-29-43)52(65-35-42-26-14-6-15-27-42)49(60)46(68-57)32-39-20-8-3-9-21-39/h3-31,46-53,56,59-60H,2,32-38H2,1H3/t46?,47-,48-,49-,50-,51-,52-,53+,56+,57+/m1/s1. The smallest absolute Gasteiger partial charge is 0.262 e. The number of hydrogen-bond acceptors (Lipinski definition) is 12. The van der Waals surface area contributed by atoms with Gasteiger partial charge in [0.2, 0.25) is 5.79 Å². The fourth-order valence-corrected chi connectivity index (χ4v) is 10.5. The van der Waals surface area contributed by atoms with Crippen LogP contribution in [0.15, 0.2) is 176 Å². The minimum atomic E-state index is -2.09. The predicted octanol–water partition coefficient (Wildman–Crippen LogP) is 8.18. The second-order valence-electron chi connectivity index (χ2n) is 17.6. The summed E-state index contributed by atoms with van der Waals surface area (Å²) in [5.74, 6) is -2.50. The fraction of sp³-hybridized carbons (Fsp3) is 0.333. The second kappa shape index (κ2) is 23.6. The Morgan fingerprint density at radius 2 is 1.03 bits per heavy atom. The van der Waals surface area contributed by atoms with Gasteiger partial charge in [-0.25, -0.2) is 0 Å². The molecule has 0 radical (unpaired) electrons. The van der Waals surface area contributed by atoms with Crippen LogP contribution in [0.1, 0.15) is 55.5 Å². The van der Waals surface area contributed by atoms with Crippen LogP contribution < -0.4 is 0 Å². The van der Waals surface area contributed by atoms with E-state index in [4.69, 9.17) is 33.2 Å². The minimum Gasteiger partial charge on any atom is -0.391 e. The molecule has 3 aliphatic heterocycles. The number of imide groups is 1. The molecule has 1 unspecified atom stereocenters. The highest BCUT2D eigenvalue weighted by Gasteiger charge is 2.62. The summed E-state index contributed by atoms with van der Waals surface area (Å²) < 4.78 is 48.8. The first-order valence-corrected chi connectivity index (χ1v) is 24.9. The molecule has 10 atom stereocenters. The fourth-order valence-electron chi connectivity index (χ4n) is 9.51. The Balaban J connectivity index is 1.17. The van der Waals surface area contributed by atoms with Crippen molar-refractivity contribution in [2.45, 2.75) is 99.8 Å². The number of carbonyl (C=O) groups excluding carboxylic acids is 2. The summed E-state index contributed by atoms with van der Waals surface area (Å²) in [4.78, 5) is 30.5. The normalized spacial score (nSPS) is 26.6. The molecule has 0 spiro atoms. The summed E-state index contributed by atoms with van der Waals surface area (Å²) in [7, 11) is 0. The van der Waals surface area contributed by atoms with E-state index in [0.29, 0.717) is 5.75 Å². The summed E-state index contributed by atoms with van der Waals surface area (Å²) in [5.41, 5.74) is 4.04. The van der Waals surface area contributed by atoms with E-state index >= 15 is 0 Å². The maximum atomic E-state index is 14.6. The molecule has 2 N–H and O–H groups in total. The molecule has 70 heavy (non-hydrogen) atoms. The van der Waals surface area contributed by atoms with Crippen LogP contribution in [0.25, 0.3) is 0 Å². The minimum absolute atomic E-state index is 0.0264. The molecule has 9 rings (SSSR count). The third kappa shape index (κ3) is 11.3. The molecule has 0 saturated carbocycles. The molecule has 0 bridgehead atoms. The number of aliphatic hydroxyl groups excluding tert-OH is 2. The molecule has 364 valence electrons. The van der Waals surface area contributed by atoms with Crippen molar-refractivity contribution in [1.82, 2.24) is 4.90 Å². The largest absolute Gasteiger partial charge is 0.391 e. The molecule has 3 aliphatic rings. The van der Waals surface area contributed by atoms with Crippen molar-refractivity contribution < 1.29 is 53.0 Å². The van der Waals surface area contributed by atoms with E-state index in [-0.39, 0.29) is 50.6 Å². The Hall–Kier alpha value is -5.55. The second-order valence-corrected chi connectivity index (χ2v) is 19.0. The number of rotatable bonds is 21. The molecule has 6 aromatic carbocycles. The van der Waals surface area contributed by atoms with E-state index in [2.05, 4.69) is 0 Å². The van der Waals surface area contributed by atoms with Gasteiger partial charge in [-0.05, 0) is 45.7 Å². The molecule has 2 fully saturated rings. The average Bonchev–Trinajstić information content (AvgIpc) is 3.65. The molecule has 0 aromatic heterocycles. The highest BCUT2D eigenvalue weighted by atomic mass is 32.2. The van der Waals surface area contributed by atoms with Crippen LogP contribution in [0.5, 0.6) is 0 Å². The Morgan fingerprint density at radius 3 is 1.53 bits per heavy atom. The lowest BCUT2D eigenvalue weighted by Crippen LogP contribution is -2.72. The van der Waals surface area contributed by atoms with E-state index in [1.165, 1.54) is 16.7 Å². The van der Waals surface area contributed by atoms with Gasteiger partial charge in [0.05, 0.1) is 50.3 Å². The summed E-state index contributed by atoms with van der Waals surface area (Å²) in [6.07, 6.45) is -7.75. The predicted molar refractivity (Wildman–Crippen MR) is 264 cm³/mol. The molecule has 6 aromatic rings. The van der Waals surface area contributed by atoms with Crippen molar-refractivity contribution in [3.8, 4) is 0 Å². The molecule has 2 saturated heterocycles. The van der Waals surface area contributed by atoms with Gasteiger partial charge in [0.15, 0.2) is 0 Å². The Bertz CT molecular complexity index is 2540. The van der Waals surface area contributed by atoms with Crippen LogP contribution >= 0.6 is 11.8 Å². The summed E-state index contributed by atoms with van der Waals surface area (Å²) in [5, 5.41) is 24.6. The van der Waals surface area contributed by atoms with E-state index in [9.17, 15) is 19.8 Å². The molecular weight excluding hydrogens is 907 g/mol. The number of thioether (sulfide) groups is 1. The van der Waals surface area contributed by atoms with Crippen molar-refractivity contribution in [3.63, 3.8) is 0 Å². The van der Waals surface area contributed by atoms with Crippen molar-refractivity contribution in [1.29, 1.82) is 0 Å². The van der Waals surface area contributed by atoms with Crippen LogP contribution in [-0.4, -0.2) is 106 Å². The number of hydrogen-bond donors (Lipinski definition) is 2. The summed E-state index contributed by atoms with van der Waals surface area (Å²) in [6.45, 7) is 1.60. The van der Waals surface area contributed by atoms with Gasteiger partial charge in [0.25, 0.3) is 11.8 Å². The molecule has 12 nitrogen and oxygen atoms in total. The number of aliphatic hydroxyl groups is 2. The lowest BCUT2D eigenvalue weighted by molar-refractivity contribution is -0.408. The number of nitrogens with zero attached hydrogens (tertiary/aromatic N) is 1. The zero-order valence-electron chi connectivity index (χ0n) is 39.0. The maximum absolute atomic E-state index is 14.6. The lowest BCUT2D eigenvalue weighted by Gasteiger charge is -2.55. The van der Waals surface area contributed by atoms with E-state index in [1.807, 2.05) is 159 Å². The first-order chi connectivity index (χ1) is 34.4. The quantitative estimate of drug-likeness (QED) is 0.0672. The van der Waals surface area contributed by atoms with Gasteiger partial charge >= 0.3 is 0 Å². The van der Waals surface area contributed by atoms with Crippen molar-refractivity contribution >= 4 is 23.6 Å². The highest BCUT2D eigenvalue weighted by Crippen LogP contribution is 2.44. The summed E-state index contributed by atoms with van der Waals surface area (Å²) in [6, 6.07) is 53.8. The Kier molecular flexibility index (Phi) is 16.6. The van der Waals surface area contributed by atoms with E-state index < -0.39 is 78.4 Å². The van der Waals surface area contributed by atoms with Gasteiger partial charge in [0, 0.05) is 6.42 Å². The van der Waals surface area contributed by atoms with Gasteiger partial charge in [-0.1, -0.05) is 171 Å². The van der Waals surface area contributed by atoms with Crippen LogP contribution in [-0.2, 0) is 66.0 Å². The van der Waals surface area contributed by atoms with E-state index in [0.717, 1.165) is 27.8 Å². The monoisotopic (exact) mass is 965 g/mol. The number of fused-ring (bicyclic) bond motifs is 1. The third-order valence-corrected chi connectivity index (χ3v) is 14.0. The Labute approximate surface area is 413 Å². The van der Waals surface area contributed by atoms with Gasteiger partial charge < -0.3 is 43.4 Å². The topological polar surface area (TPSA) is 142 Å². The van der Waals surface area contributed by atoms with E-state index in [1.54, 1.807) is 24.3 Å². The molecule has 0 aliphatic carbocycles. The number of benzene rings is 6. The first kappa shape index (κ1) is 49.4. The first-order valence-electron chi connectivity index (χ1n) is 23.9. The molecular formula is C57H59NO11S. The Morgan fingerprint density at radius 1 is 0.571 bits per heavy atom. The number of ether oxygens (including phenoxy) is 7. The number of carbonyl (C=O) groups is 2. The van der Waals surface area contributed by atoms with Crippen molar-refractivity contribution in [2.24, 2.45) is 0 Å². The summed E-state index contributed by atoms with van der Waals surface area (Å²) >= 11 is 1.44. The van der Waals surface area contributed by atoms with Crippen LogP contribution in [0.3, 0.4) is 0 Å². The molecule has 3 heterocycles.